The molecule has 3 aromatic rings. The molecule has 9 heteroatoms. The van der Waals surface area contributed by atoms with E-state index in [0.717, 1.165) is 28.4 Å². The lowest BCUT2D eigenvalue weighted by Gasteiger charge is -2.25. The summed E-state index contributed by atoms with van der Waals surface area (Å²) in [5, 5.41) is 2.86. The second-order valence-electron chi connectivity index (χ2n) is 8.00. The molecule has 0 heterocycles. The van der Waals surface area contributed by atoms with Crippen LogP contribution >= 0.6 is 0 Å². The Kier molecular flexibility index (Phi) is 8.70. The summed E-state index contributed by atoms with van der Waals surface area (Å²) in [5.41, 5.74) is 1.31. The number of nitrogens with one attached hydrogen (secondary N) is 1. The molecule has 0 fully saturated rings. The van der Waals surface area contributed by atoms with Gasteiger partial charge in [0.1, 0.15) is 12.4 Å². The number of sulfonamides is 1. The Labute approximate surface area is 205 Å². The van der Waals surface area contributed by atoms with Crippen molar-refractivity contribution in [3.63, 3.8) is 0 Å². The fraction of sp³-hybridized carbons (Fsp3) is 0.269. The molecule has 0 radical (unpaired) electrons. The number of carbonyl (C=O) groups is 1. The second-order valence-corrected chi connectivity index (χ2v) is 9.86. The van der Waals surface area contributed by atoms with E-state index in [9.17, 15) is 17.6 Å². The van der Waals surface area contributed by atoms with Crippen molar-refractivity contribution in [3.05, 3.63) is 84.2 Å². The number of rotatable bonds is 11. The molecule has 0 unspecified atom stereocenters. The van der Waals surface area contributed by atoms with Crippen molar-refractivity contribution in [1.82, 2.24) is 5.32 Å². The molecule has 0 saturated carbocycles. The molecule has 0 aliphatic carbocycles. The molecule has 186 valence electrons. The lowest BCUT2D eigenvalue weighted by Crippen LogP contribution is -2.43. The summed E-state index contributed by atoms with van der Waals surface area (Å²) in [6, 6.07) is 18.8. The van der Waals surface area contributed by atoms with E-state index in [0.29, 0.717) is 12.2 Å². The van der Waals surface area contributed by atoms with Gasteiger partial charge in [-0.3, -0.25) is 9.10 Å². The van der Waals surface area contributed by atoms with Crippen molar-refractivity contribution in [2.75, 3.05) is 25.1 Å². The highest BCUT2D eigenvalue weighted by Gasteiger charge is 2.28. The minimum atomic E-state index is -4.20. The number of nitrogens with zero attached hydrogens (tertiary/aromatic N) is 1. The van der Waals surface area contributed by atoms with Crippen molar-refractivity contribution >= 4 is 21.6 Å². The highest BCUT2D eigenvalue weighted by atomic mass is 32.2. The SMILES string of the molecule is COc1ccc(S(=O)(=O)N(CC(=O)N[C@@H](C)CCc2ccccc2)c2ccc(F)cc2)cc1OC. The van der Waals surface area contributed by atoms with Crippen LogP contribution in [0.1, 0.15) is 18.9 Å². The molecule has 0 saturated heterocycles. The minimum absolute atomic E-state index is 0.0931. The fourth-order valence-electron chi connectivity index (χ4n) is 3.58. The van der Waals surface area contributed by atoms with Gasteiger partial charge in [-0.2, -0.15) is 0 Å². The van der Waals surface area contributed by atoms with E-state index in [1.165, 1.54) is 44.6 Å². The first-order valence-corrected chi connectivity index (χ1v) is 12.5. The molecule has 1 amide bonds. The van der Waals surface area contributed by atoms with E-state index >= 15 is 0 Å². The smallest absolute Gasteiger partial charge is 0.264 e. The number of methoxy groups -OCH3 is 2. The lowest BCUT2D eigenvalue weighted by atomic mass is 10.1. The third kappa shape index (κ3) is 6.73. The standard InChI is InChI=1S/C26H29FN2O5S/c1-19(9-10-20-7-5-4-6-8-20)28-26(30)18-29(22-13-11-21(27)12-14-22)35(31,32)23-15-16-24(33-2)25(17-23)34-3/h4-8,11-17,19H,9-10,18H2,1-3H3,(H,28,30)/t19-/m0/s1. The molecular formula is C26H29FN2O5S. The van der Waals surface area contributed by atoms with Gasteiger partial charge in [0.05, 0.1) is 24.8 Å². The molecule has 1 N–H and O–H groups in total. The molecular weight excluding hydrogens is 471 g/mol. The number of amides is 1. The van der Waals surface area contributed by atoms with Crippen molar-refractivity contribution in [2.45, 2.75) is 30.7 Å². The molecule has 0 bridgehead atoms. The van der Waals surface area contributed by atoms with Gasteiger partial charge in [0.2, 0.25) is 5.91 Å². The largest absolute Gasteiger partial charge is 0.493 e. The first-order valence-electron chi connectivity index (χ1n) is 11.1. The number of ether oxygens (including phenoxy) is 2. The third-order valence-corrected chi connectivity index (χ3v) is 7.23. The lowest BCUT2D eigenvalue weighted by molar-refractivity contribution is -0.120. The molecule has 0 aliphatic heterocycles. The summed E-state index contributed by atoms with van der Waals surface area (Å²) in [6.07, 6.45) is 1.46. The highest BCUT2D eigenvalue weighted by Crippen LogP contribution is 2.32. The van der Waals surface area contributed by atoms with Crippen LogP contribution in [-0.4, -0.2) is 41.1 Å². The zero-order chi connectivity index (χ0) is 25.4. The van der Waals surface area contributed by atoms with Crippen LogP contribution < -0.4 is 19.1 Å². The molecule has 35 heavy (non-hydrogen) atoms. The fourth-order valence-corrected chi connectivity index (χ4v) is 5.01. The Balaban J connectivity index is 1.82. The van der Waals surface area contributed by atoms with Crippen LogP contribution in [0.3, 0.4) is 0 Å². The van der Waals surface area contributed by atoms with Crippen LogP contribution in [0.2, 0.25) is 0 Å². The van der Waals surface area contributed by atoms with Crippen molar-refractivity contribution < 1.29 is 27.1 Å². The summed E-state index contributed by atoms with van der Waals surface area (Å²) >= 11 is 0. The topological polar surface area (TPSA) is 84.9 Å². The van der Waals surface area contributed by atoms with Gasteiger partial charge in [0.25, 0.3) is 10.0 Å². The maximum Gasteiger partial charge on any atom is 0.264 e. The van der Waals surface area contributed by atoms with Crippen LogP contribution in [0, 0.1) is 5.82 Å². The first kappa shape index (κ1) is 26.0. The van der Waals surface area contributed by atoms with E-state index in [2.05, 4.69) is 5.32 Å². The summed E-state index contributed by atoms with van der Waals surface area (Å²) < 4.78 is 52.1. The monoisotopic (exact) mass is 500 g/mol. The Morgan fingerprint density at radius 1 is 0.971 bits per heavy atom. The Morgan fingerprint density at radius 3 is 2.26 bits per heavy atom. The molecule has 0 aromatic heterocycles. The van der Waals surface area contributed by atoms with Gasteiger partial charge < -0.3 is 14.8 Å². The maximum atomic E-state index is 13.6. The van der Waals surface area contributed by atoms with Gasteiger partial charge >= 0.3 is 0 Å². The van der Waals surface area contributed by atoms with Crippen molar-refractivity contribution in [1.29, 1.82) is 0 Å². The Morgan fingerprint density at radius 2 is 1.63 bits per heavy atom. The zero-order valence-electron chi connectivity index (χ0n) is 19.9. The molecule has 3 rings (SSSR count). The normalized spacial score (nSPS) is 12.0. The van der Waals surface area contributed by atoms with Crippen LogP contribution in [0.5, 0.6) is 11.5 Å². The highest BCUT2D eigenvalue weighted by molar-refractivity contribution is 7.92. The van der Waals surface area contributed by atoms with E-state index < -0.39 is 28.3 Å². The predicted molar refractivity (Wildman–Crippen MR) is 133 cm³/mol. The molecule has 3 aromatic carbocycles. The zero-order valence-corrected chi connectivity index (χ0v) is 20.7. The van der Waals surface area contributed by atoms with E-state index in [4.69, 9.17) is 9.47 Å². The number of carbonyl (C=O) groups excluding carboxylic acids is 1. The Hall–Kier alpha value is -3.59. The van der Waals surface area contributed by atoms with E-state index in [1.807, 2.05) is 37.3 Å². The van der Waals surface area contributed by atoms with Gasteiger partial charge in [0, 0.05) is 12.1 Å². The first-order chi connectivity index (χ1) is 16.7. The molecule has 0 aliphatic rings. The molecule has 7 nitrogen and oxygen atoms in total. The second kappa shape index (κ2) is 11.7. The van der Waals surface area contributed by atoms with E-state index in [-0.39, 0.29) is 22.4 Å². The van der Waals surface area contributed by atoms with Crippen LogP contribution in [0.15, 0.2) is 77.7 Å². The maximum absolute atomic E-state index is 13.6. The molecule has 1 atom stereocenters. The minimum Gasteiger partial charge on any atom is -0.493 e. The quantitative estimate of drug-likeness (QED) is 0.427. The number of hydrogen-bond donors (Lipinski definition) is 1. The number of hydrogen-bond acceptors (Lipinski definition) is 5. The van der Waals surface area contributed by atoms with E-state index in [1.54, 1.807) is 0 Å². The van der Waals surface area contributed by atoms with Gasteiger partial charge in [-0.1, -0.05) is 30.3 Å². The average Bonchev–Trinajstić information content (AvgIpc) is 2.86. The summed E-state index contributed by atoms with van der Waals surface area (Å²) in [7, 11) is -1.35. The van der Waals surface area contributed by atoms with Gasteiger partial charge in [-0.15, -0.1) is 0 Å². The van der Waals surface area contributed by atoms with Crippen LogP contribution in [-0.2, 0) is 21.2 Å². The molecule has 0 spiro atoms. The van der Waals surface area contributed by atoms with Crippen molar-refractivity contribution in [2.24, 2.45) is 0 Å². The van der Waals surface area contributed by atoms with Gasteiger partial charge in [-0.25, -0.2) is 12.8 Å². The predicted octanol–water partition coefficient (Wildman–Crippen LogP) is 4.18. The van der Waals surface area contributed by atoms with Crippen LogP contribution in [0.4, 0.5) is 10.1 Å². The van der Waals surface area contributed by atoms with Crippen molar-refractivity contribution in [3.8, 4) is 11.5 Å². The average molecular weight is 501 g/mol. The Bertz CT molecular complexity index is 1230. The van der Waals surface area contributed by atoms with Gasteiger partial charge in [0.15, 0.2) is 11.5 Å². The number of halogens is 1. The summed E-state index contributed by atoms with van der Waals surface area (Å²) in [5.74, 6) is -0.397. The number of anilines is 1. The number of benzene rings is 3. The van der Waals surface area contributed by atoms with Crippen LogP contribution in [0.25, 0.3) is 0 Å². The van der Waals surface area contributed by atoms with Gasteiger partial charge in [-0.05, 0) is 61.7 Å². The summed E-state index contributed by atoms with van der Waals surface area (Å²) in [6.45, 7) is 1.39. The number of aryl methyl sites for hydroxylation is 1. The summed E-state index contributed by atoms with van der Waals surface area (Å²) in [4.78, 5) is 12.8. The third-order valence-electron chi connectivity index (χ3n) is 5.46.